The van der Waals surface area contributed by atoms with Crippen LogP contribution in [-0.2, 0) is 0 Å². The number of nitrogens with one attached hydrogen (secondary N) is 1. The highest BCUT2D eigenvalue weighted by atomic mass is 32.2. The molecule has 32 heavy (non-hydrogen) atoms. The van der Waals surface area contributed by atoms with Crippen LogP contribution in [0.15, 0.2) is 53.6 Å². The summed E-state index contributed by atoms with van der Waals surface area (Å²) in [6, 6.07) is 13.5. The number of nitrogens with zero attached hydrogens (tertiary/aromatic N) is 3. The quantitative estimate of drug-likeness (QED) is 0.523. The number of amides is 1. The molecule has 0 saturated heterocycles. The number of ether oxygens (including phenoxy) is 1. The highest BCUT2D eigenvalue weighted by Gasteiger charge is 2.86. The van der Waals surface area contributed by atoms with Crippen LogP contribution in [0.4, 0.5) is 0 Å². The molecule has 2 heterocycles. The number of pyridine rings is 1. The topological polar surface area (TPSA) is 69.0 Å². The Balaban J connectivity index is 1.09. The Morgan fingerprint density at radius 1 is 1.12 bits per heavy atom. The standard InChI is InChI=1S/C25H26N4O2S/c1-16-5-3-4-6-19(16)32-28-23(30)18-7-8-21(26-17(18)2)29-14-9-22(27-29)31-15-20-24(10-11-24)25(20)12-13-25/h3-9,14,20H,10-13,15H2,1-2H3,(H,28,30). The normalized spacial score (nSPS) is 19.2. The van der Waals surface area contributed by atoms with Crippen LogP contribution in [0.3, 0.4) is 0 Å². The van der Waals surface area contributed by atoms with Crippen molar-refractivity contribution in [3.8, 4) is 11.7 Å². The molecule has 2 spiro atoms. The lowest BCUT2D eigenvalue weighted by Gasteiger charge is -2.09. The molecule has 7 heteroatoms. The molecule has 3 saturated carbocycles. The Bertz CT molecular complexity index is 1190. The van der Waals surface area contributed by atoms with Gasteiger partial charge in [-0.25, -0.2) is 9.67 Å². The molecule has 6 rings (SSSR count). The Hall–Kier alpha value is -2.80. The average molecular weight is 447 g/mol. The number of carbonyl (C=O) groups is 1. The van der Waals surface area contributed by atoms with E-state index in [1.165, 1.54) is 37.6 Å². The molecule has 164 valence electrons. The molecule has 1 N–H and O–H groups in total. The van der Waals surface area contributed by atoms with E-state index in [4.69, 9.17) is 4.74 Å². The van der Waals surface area contributed by atoms with Gasteiger partial charge in [-0.1, -0.05) is 18.2 Å². The third-order valence-electron chi connectivity index (χ3n) is 7.68. The molecule has 3 fully saturated rings. The molecule has 0 aliphatic heterocycles. The highest BCUT2D eigenvalue weighted by molar-refractivity contribution is 7.98. The maximum absolute atomic E-state index is 12.7. The van der Waals surface area contributed by atoms with Crippen molar-refractivity contribution in [2.45, 2.75) is 44.4 Å². The number of carbonyl (C=O) groups excluding carboxylic acids is 1. The number of hydrogen-bond donors (Lipinski definition) is 1. The molecule has 3 aromatic rings. The number of fused-ring (bicyclic) bond motifs is 1. The van der Waals surface area contributed by atoms with Gasteiger partial charge in [0.15, 0.2) is 5.82 Å². The number of benzene rings is 1. The first kappa shape index (κ1) is 19.9. The van der Waals surface area contributed by atoms with Crippen LogP contribution < -0.4 is 9.46 Å². The molecule has 0 atom stereocenters. The smallest absolute Gasteiger partial charge is 0.263 e. The van der Waals surface area contributed by atoms with Crippen molar-refractivity contribution in [3.63, 3.8) is 0 Å². The monoisotopic (exact) mass is 446 g/mol. The van der Waals surface area contributed by atoms with E-state index in [0.29, 0.717) is 33.8 Å². The van der Waals surface area contributed by atoms with Gasteiger partial charge in [0.25, 0.3) is 5.91 Å². The summed E-state index contributed by atoms with van der Waals surface area (Å²) in [6.45, 7) is 4.65. The Kier molecular flexibility index (Phi) is 4.41. The number of aryl methyl sites for hydroxylation is 2. The van der Waals surface area contributed by atoms with Crippen LogP contribution in [0.5, 0.6) is 5.88 Å². The lowest BCUT2D eigenvalue weighted by atomic mass is 10.2. The summed E-state index contributed by atoms with van der Waals surface area (Å²) < 4.78 is 10.7. The van der Waals surface area contributed by atoms with Crippen LogP contribution in [0, 0.1) is 30.6 Å². The van der Waals surface area contributed by atoms with Crippen molar-refractivity contribution in [2.24, 2.45) is 16.7 Å². The summed E-state index contributed by atoms with van der Waals surface area (Å²) in [6.07, 6.45) is 7.42. The summed E-state index contributed by atoms with van der Waals surface area (Å²) in [4.78, 5) is 18.3. The molecule has 2 aromatic heterocycles. The molecular formula is C25H26N4O2S. The maximum Gasteiger partial charge on any atom is 0.263 e. The predicted octanol–water partition coefficient (Wildman–Crippen LogP) is 4.89. The van der Waals surface area contributed by atoms with Gasteiger partial charge in [0.2, 0.25) is 5.88 Å². The third-order valence-corrected chi connectivity index (χ3v) is 8.65. The van der Waals surface area contributed by atoms with Gasteiger partial charge in [0, 0.05) is 23.1 Å². The fourth-order valence-electron chi connectivity index (χ4n) is 5.54. The van der Waals surface area contributed by atoms with Crippen LogP contribution >= 0.6 is 11.9 Å². The summed E-state index contributed by atoms with van der Waals surface area (Å²) in [5.74, 6) is 1.88. The van der Waals surface area contributed by atoms with E-state index < -0.39 is 0 Å². The van der Waals surface area contributed by atoms with Crippen LogP contribution in [0.1, 0.15) is 47.3 Å². The minimum absolute atomic E-state index is 0.160. The maximum atomic E-state index is 12.7. The number of rotatable bonds is 7. The van der Waals surface area contributed by atoms with E-state index in [0.717, 1.165) is 23.0 Å². The zero-order valence-electron chi connectivity index (χ0n) is 18.3. The molecule has 3 aliphatic carbocycles. The zero-order chi connectivity index (χ0) is 21.9. The highest BCUT2D eigenvalue weighted by Crippen LogP contribution is 2.92. The second kappa shape index (κ2) is 7.10. The van der Waals surface area contributed by atoms with Gasteiger partial charge in [-0.15, -0.1) is 5.10 Å². The largest absolute Gasteiger partial charge is 0.476 e. The Labute approximate surface area is 191 Å². The average Bonchev–Trinajstić information content (AvgIpc) is 3.74. The summed E-state index contributed by atoms with van der Waals surface area (Å²) in [5.41, 5.74) is 3.62. The van der Waals surface area contributed by atoms with E-state index >= 15 is 0 Å². The second-order valence-corrected chi connectivity index (χ2v) is 10.2. The van der Waals surface area contributed by atoms with Gasteiger partial charge in [-0.3, -0.25) is 9.52 Å². The summed E-state index contributed by atoms with van der Waals surface area (Å²) in [5, 5.41) is 4.55. The van der Waals surface area contributed by atoms with Crippen molar-refractivity contribution < 1.29 is 9.53 Å². The van der Waals surface area contributed by atoms with Gasteiger partial charge < -0.3 is 4.74 Å². The SMILES string of the molecule is Cc1ccccc1SNC(=O)c1ccc(-n2ccc(OCC3C4(CC4)C34CC4)n2)nc1C. The van der Waals surface area contributed by atoms with E-state index in [1.54, 1.807) is 10.7 Å². The minimum Gasteiger partial charge on any atom is -0.476 e. The van der Waals surface area contributed by atoms with E-state index in [2.05, 4.69) is 14.8 Å². The molecule has 1 amide bonds. The first-order valence-corrected chi connectivity index (χ1v) is 12.0. The van der Waals surface area contributed by atoms with Gasteiger partial charge >= 0.3 is 0 Å². The molecular weight excluding hydrogens is 420 g/mol. The molecule has 6 nitrogen and oxygen atoms in total. The van der Waals surface area contributed by atoms with E-state index in [-0.39, 0.29) is 5.91 Å². The summed E-state index contributed by atoms with van der Waals surface area (Å²) >= 11 is 1.32. The summed E-state index contributed by atoms with van der Waals surface area (Å²) in [7, 11) is 0. The zero-order valence-corrected chi connectivity index (χ0v) is 19.1. The second-order valence-electron chi connectivity index (χ2n) is 9.38. The fourth-order valence-corrected chi connectivity index (χ4v) is 6.23. The van der Waals surface area contributed by atoms with E-state index in [1.807, 2.05) is 56.4 Å². The van der Waals surface area contributed by atoms with Gasteiger partial charge in [-0.05, 0) is 86.1 Å². The number of aromatic nitrogens is 3. The molecule has 0 radical (unpaired) electrons. The van der Waals surface area contributed by atoms with Crippen molar-refractivity contribution in [3.05, 3.63) is 65.5 Å². The van der Waals surface area contributed by atoms with Crippen molar-refractivity contribution >= 4 is 17.9 Å². The first-order valence-electron chi connectivity index (χ1n) is 11.2. The molecule has 0 bridgehead atoms. The van der Waals surface area contributed by atoms with Crippen LogP contribution in [0.25, 0.3) is 5.82 Å². The van der Waals surface area contributed by atoms with E-state index in [9.17, 15) is 4.79 Å². The molecule has 0 unspecified atom stereocenters. The number of hydrogen-bond acceptors (Lipinski definition) is 5. The van der Waals surface area contributed by atoms with Crippen LogP contribution in [0.2, 0.25) is 0 Å². The Morgan fingerprint density at radius 3 is 2.56 bits per heavy atom. The molecule has 1 aromatic carbocycles. The van der Waals surface area contributed by atoms with Crippen molar-refractivity contribution in [2.75, 3.05) is 6.61 Å². The Morgan fingerprint density at radius 2 is 1.88 bits per heavy atom. The molecule has 3 aliphatic rings. The predicted molar refractivity (Wildman–Crippen MR) is 123 cm³/mol. The van der Waals surface area contributed by atoms with Gasteiger partial charge in [-0.2, -0.15) is 0 Å². The third kappa shape index (κ3) is 3.13. The lowest BCUT2D eigenvalue weighted by Crippen LogP contribution is -2.18. The fraction of sp³-hybridized carbons (Fsp3) is 0.400. The van der Waals surface area contributed by atoms with Crippen molar-refractivity contribution in [1.82, 2.24) is 19.5 Å². The first-order chi connectivity index (χ1) is 15.5. The van der Waals surface area contributed by atoms with Crippen molar-refractivity contribution in [1.29, 1.82) is 0 Å². The van der Waals surface area contributed by atoms with Crippen LogP contribution in [-0.4, -0.2) is 27.3 Å². The van der Waals surface area contributed by atoms with Gasteiger partial charge in [0.1, 0.15) is 0 Å². The minimum atomic E-state index is -0.160. The lowest BCUT2D eigenvalue weighted by molar-refractivity contribution is 0.0983. The van der Waals surface area contributed by atoms with Gasteiger partial charge in [0.05, 0.1) is 17.9 Å².